The third-order valence-electron chi connectivity index (χ3n) is 11.4. The van der Waals surface area contributed by atoms with E-state index in [1.807, 2.05) is 37.3 Å². The van der Waals surface area contributed by atoms with Crippen LogP contribution >= 0.6 is 0 Å². The first-order valence-electron chi connectivity index (χ1n) is 19.2. The summed E-state index contributed by atoms with van der Waals surface area (Å²) in [6, 6.07) is 5.08. The van der Waals surface area contributed by atoms with Crippen molar-refractivity contribution in [2.75, 3.05) is 13.7 Å². The number of allylic oxidation sites excluding steroid dienone is 1. The molecule has 2 aromatic rings. The molecule has 0 unspecified atom stereocenters. The number of fused-ring (bicyclic) bond motifs is 3. The third-order valence-corrected chi connectivity index (χ3v) is 13.5. The Hall–Kier alpha value is -4.47. The van der Waals surface area contributed by atoms with E-state index in [0.29, 0.717) is 48.8 Å². The van der Waals surface area contributed by atoms with Gasteiger partial charge in [0.05, 0.1) is 29.2 Å². The highest BCUT2D eigenvalue weighted by Crippen LogP contribution is 2.47. The Bertz CT molecular complexity index is 1960. The molecule has 1 aromatic heterocycles. The molecule has 15 nitrogen and oxygen atoms in total. The number of hydrogen-bond acceptors (Lipinski definition) is 11. The number of ether oxygens (including phenoxy) is 3. The molecule has 6 rings (SSSR count). The van der Waals surface area contributed by atoms with E-state index in [0.717, 1.165) is 6.42 Å². The largest absolute Gasteiger partial charge is 0.479 e. The number of nitrogens with one attached hydrogen (secondary N) is 3. The number of hydrogen-bond donors (Lipinski definition) is 3. The van der Waals surface area contributed by atoms with Gasteiger partial charge in [0.15, 0.2) is 0 Å². The lowest BCUT2D eigenvalue weighted by atomic mass is 9.85. The summed E-state index contributed by atoms with van der Waals surface area (Å²) in [5, 5.41) is 15.5. The number of alkyl carbamates (subject to hydrolysis) is 1. The fraction of sp³-hybridized carbons (Fsp3) is 0.641. The van der Waals surface area contributed by atoms with Crippen LogP contribution in [-0.2, 0) is 29.1 Å². The normalized spacial score (nSPS) is 30.1. The van der Waals surface area contributed by atoms with E-state index < -0.39 is 73.8 Å². The minimum absolute atomic E-state index is 0.0144. The van der Waals surface area contributed by atoms with Crippen molar-refractivity contribution in [1.29, 1.82) is 0 Å². The Labute approximate surface area is 322 Å². The Balaban J connectivity index is 1.37. The lowest BCUT2D eigenvalue weighted by molar-refractivity contribution is -0.142. The van der Waals surface area contributed by atoms with E-state index in [1.165, 1.54) is 12.0 Å². The van der Waals surface area contributed by atoms with E-state index in [4.69, 9.17) is 14.2 Å². The Kier molecular flexibility index (Phi) is 11.1. The molecule has 3 fully saturated rings. The summed E-state index contributed by atoms with van der Waals surface area (Å²) in [5.41, 5.74) is -2.37. The van der Waals surface area contributed by atoms with Gasteiger partial charge in [-0.05, 0) is 90.2 Å². The van der Waals surface area contributed by atoms with Gasteiger partial charge in [-0.15, -0.1) is 10.2 Å². The third kappa shape index (κ3) is 8.53. The van der Waals surface area contributed by atoms with Crippen molar-refractivity contribution in [3.63, 3.8) is 0 Å². The Morgan fingerprint density at radius 3 is 2.38 bits per heavy atom. The van der Waals surface area contributed by atoms with Crippen LogP contribution in [0, 0.1) is 17.8 Å². The van der Waals surface area contributed by atoms with Gasteiger partial charge in [-0.25, -0.2) is 13.2 Å². The van der Waals surface area contributed by atoms with Crippen LogP contribution in [0.25, 0.3) is 10.8 Å². The maximum absolute atomic E-state index is 14.9. The topological polar surface area (TPSA) is 195 Å². The van der Waals surface area contributed by atoms with Gasteiger partial charge in [-0.2, -0.15) is 0 Å². The molecule has 300 valence electrons. The second-order valence-corrected chi connectivity index (χ2v) is 19.0. The van der Waals surface area contributed by atoms with Crippen molar-refractivity contribution < 1.29 is 41.8 Å². The molecule has 4 amide bonds. The summed E-state index contributed by atoms with van der Waals surface area (Å²) in [6.07, 6.45) is 6.02. The van der Waals surface area contributed by atoms with Crippen molar-refractivity contribution in [3.8, 4) is 11.8 Å². The number of benzene rings is 1. The molecule has 7 atom stereocenters. The summed E-state index contributed by atoms with van der Waals surface area (Å²) in [5.74, 6) is -2.06. The van der Waals surface area contributed by atoms with E-state index in [2.05, 4.69) is 32.5 Å². The summed E-state index contributed by atoms with van der Waals surface area (Å²) in [4.78, 5) is 58.1. The van der Waals surface area contributed by atoms with Crippen LogP contribution in [0.3, 0.4) is 0 Å². The van der Waals surface area contributed by atoms with Gasteiger partial charge in [0.2, 0.25) is 33.6 Å². The minimum Gasteiger partial charge on any atom is -0.479 e. The van der Waals surface area contributed by atoms with Gasteiger partial charge in [0.1, 0.15) is 29.3 Å². The fourth-order valence-electron chi connectivity index (χ4n) is 7.70. The summed E-state index contributed by atoms with van der Waals surface area (Å²) in [6.45, 7) is 10.8. The Morgan fingerprint density at radius 2 is 1.75 bits per heavy atom. The zero-order chi connectivity index (χ0) is 39.9. The zero-order valence-corrected chi connectivity index (χ0v) is 33.5. The number of methoxy groups -OCH3 is 1. The van der Waals surface area contributed by atoms with Crippen molar-refractivity contribution >= 4 is 44.6 Å². The highest BCUT2D eigenvalue weighted by Gasteiger charge is 2.63. The maximum Gasteiger partial charge on any atom is 0.408 e. The number of aromatic nitrogens is 2. The van der Waals surface area contributed by atoms with Crippen molar-refractivity contribution in [1.82, 2.24) is 30.5 Å². The lowest BCUT2D eigenvalue weighted by Crippen LogP contribution is -2.59. The zero-order valence-electron chi connectivity index (χ0n) is 32.7. The molecular weight excluding hydrogens is 729 g/mol. The van der Waals surface area contributed by atoms with Gasteiger partial charge in [0, 0.05) is 12.3 Å². The molecule has 55 heavy (non-hydrogen) atoms. The van der Waals surface area contributed by atoms with Gasteiger partial charge in [-0.3, -0.25) is 19.1 Å². The highest BCUT2D eigenvalue weighted by molar-refractivity contribution is 7.91. The van der Waals surface area contributed by atoms with Crippen LogP contribution in [0.2, 0.25) is 0 Å². The van der Waals surface area contributed by atoms with Gasteiger partial charge in [0.25, 0.3) is 5.91 Å². The van der Waals surface area contributed by atoms with Gasteiger partial charge in [-0.1, -0.05) is 44.6 Å². The average Bonchev–Trinajstić information content (AvgIpc) is 4.00. The molecular formula is C39H54N6O9S. The maximum atomic E-state index is 14.9. The summed E-state index contributed by atoms with van der Waals surface area (Å²) < 4.78 is 45.0. The molecule has 0 radical (unpaired) electrons. The van der Waals surface area contributed by atoms with E-state index in [9.17, 15) is 27.6 Å². The summed E-state index contributed by atoms with van der Waals surface area (Å²) in [7, 11) is -2.51. The Morgan fingerprint density at radius 1 is 1.07 bits per heavy atom. The lowest BCUT2D eigenvalue weighted by Gasteiger charge is -2.34. The van der Waals surface area contributed by atoms with Crippen LogP contribution in [0.1, 0.15) is 92.9 Å². The minimum atomic E-state index is -4.00. The van der Waals surface area contributed by atoms with Crippen LogP contribution in [0.4, 0.5) is 4.79 Å². The molecule has 2 saturated carbocycles. The van der Waals surface area contributed by atoms with Crippen LogP contribution in [0.15, 0.2) is 36.4 Å². The van der Waals surface area contributed by atoms with Crippen LogP contribution in [0.5, 0.6) is 11.8 Å². The average molecular weight is 783 g/mol. The summed E-state index contributed by atoms with van der Waals surface area (Å²) >= 11 is 0. The molecule has 1 saturated heterocycles. The first-order valence-corrected chi connectivity index (χ1v) is 20.7. The molecule has 2 aliphatic carbocycles. The molecule has 16 heteroatoms. The molecule has 4 aliphatic rings. The number of rotatable bonds is 8. The SMILES string of the molecule is CC[C@@H]1C[C@@H](C)CC/C=C\[C@@H]2C[C@@]2(C(=O)NS(=O)(=O)C2(C)CC2)NC(=O)[C@@H]2C[C@@H](Oc3nnc(OC)c4ccccc34)CN2C(=O)[C@H]1NC(=O)OC(C)(C)C. The van der Waals surface area contributed by atoms with Crippen molar-refractivity contribution in [3.05, 3.63) is 36.4 Å². The molecule has 0 bridgehead atoms. The van der Waals surface area contributed by atoms with Crippen LogP contribution in [-0.4, -0.2) is 95.1 Å². The molecule has 3 heterocycles. The number of carbonyl (C=O) groups is 4. The highest BCUT2D eigenvalue weighted by atomic mass is 32.2. The first-order chi connectivity index (χ1) is 25.9. The fourth-order valence-corrected chi connectivity index (χ4v) is 9.01. The van der Waals surface area contributed by atoms with Crippen molar-refractivity contribution in [2.24, 2.45) is 17.8 Å². The number of carbonyl (C=O) groups excluding carboxylic acids is 4. The first kappa shape index (κ1) is 40.2. The van der Waals surface area contributed by atoms with Crippen molar-refractivity contribution in [2.45, 2.75) is 127 Å². The molecule has 1 aromatic carbocycles. The standard InChI is InChI=1S/C39H54N6O9S/c1-8-24-19-23(2)13-9-10-14-25-21-39(25,35(48)44-55(50,51)38(6)17-18-38)41-31(46)29-20-26(22-45(29)34(47)30(24)40-36(49)54-37(3,4)5)53-33-28-16-12-11-15-27(28)32(52-7)42-43-33/h10-12,14-16,23-26,29-30H,8-9,13,17-22H2,1-7H3,(H,40,49)(H,41,46)(H,44,48)/b14-10-/t23-,24+,25+,26+,29-,30-,39+/m0/s1. The van der Waals surface area contributed by atoms with Gasteiger partial charge >= 0.3 is 6.09 Å². The monoisotopic (exact) mass is 782 g/mol. The quantitative estimate of drug-likeness (QED) is 0.326. The number of amides is 4. The van der Waals surface area contributed by atoms with E-state index in [-0.39, 0.29) is 37.1 Å². The second kappa shape index (κ2) is 15.2. The molecule has 2 aliphatic heterocycles. The van der Waals surface area contributed by atoms with E-state index in [1.54, 1.807) is 33.8 Å². The second-order valence-electron chi connectivity index (χ2n) is 16.8. The number of nitrogens with zero attached hydrogens (tertiary/aromatic N) is 3. The van der Waals surface area contributed by atoms with Gasteiger partial charge < -0.3 is 29.7 Å². The van der Waals surface area contributed by atoms with Crippen LogP contribution < -0.4 is 24.8 Å². The predicted molar refractivity (Wildman–Crippen MR) is 203 cm³/mol. The number of sulfonamides is 1. The predicted octanol–water partition coefficient (Wildman–Crippen LogP) is 4.16. The smallest absolute Gasteiger partial charge is 0.408 e. The molecule has 0 spiro atoms. The van der Waals surface area contributed by atoms with E-state index >= 15 is 0 Å². The molecule has 3 N–H and O–H groups in total.